The summed E-state index contributed by atoms with van der Waals surface area (Å²) in [6.07, 6.45) is 0. The number of nitrogens with zero attached hydrogens (tertiary/aromatic N) is 1. The van der Waals surface area contributed by atoms with E-state index in [9.17, 15) is 4.79 Å². The number of amides is 1. The number of benzene rings is 2. The number of hydrogen-bond donors (Lipinski definition) is 1. The third-order valence-corrected chi connectivity index (χ3v) is 3.96. The van der Waals surface area contributed by atoms with E-state index in [0.717, 1.165) is 24.5 Å². The summed E-state index contributed by atoms with van der Waals surface area (Å²) in [7, 11) is 0. The Morgan fingerprint density at radius 3 is 2.28 bits per heavy atom. The van der Waals surface area contributed by atoms with Gasteiger partial charge in [-0.3, -0.25) is 4.79 Å². The second kappa shape index (κ2) is 9.11. The Morgan fingerprint density at radius 1 is 1.04 bits per heavy atom. The quantitative estimate of drug-likeness (QED) is 0.749. The molecule has 134 valence electrons. The Balaban J connectivity index is 2.09. The van der Waals surface area contributed by atoms with Crippen LogP contribution in [-0.4, -0.2) is 25.6 Å². The summed E-state index contributed by atoms with van der Waals surface area (Å²) >= 11 is 0. The average molecular weight is 340 g/mol. The molecule has 0 radical (unpaired) electrons. The molecule has 0 aliphatic heterocycles. The predicted molar refractivity (Wildman–Crippen MR) is 105 cm³/mol. The van der Waals surface area contributed by atoms with Crippen LogP contribution in [0.3, 0.4) is 0 Å². The first kappa shape index (κ1) is 18.8. The molecule has 0 heterocycles. The fourth-order valence-electron chi connectivity index (χ4n) is 2.58. The zero-order valence-electron chi connectivity index (χ0n) is 15.6. The molecule has 0 fully saturated rings. The number of hydrogen-bond acceptors (Lipinski definition) is 3. The normalized spacial score (nSPS) is 10.6. The predicted octanol–water partition coefficient (Wildman–Crippen LogP) is 4.82. The van der Waals surface area contributed by atoms with E-state index in [1.165, 1.54) is 0 Å². The summed E-state index contributed by atoms with van der Waals surface area (Å²) in [6.45, 7) is 10.9. The number of carbonyl (C=O) groups is 1. The molecule has 0 bridgehead atoms. The standard InChI is InChI=1S/C21H28N2O2/c1-5-23(6-2)18-13-11-17(12-14-18)22-21(24)19-9-7-8-10-20(19)25-15-16(3)4/h7-14,16H,5-6,15H2,1-4H3,(H,22,24). The summed E-state index contributed by atoms with van der Waals surface area (Å²) < 4.78 is 5.77. The van der Waals surface area contributed by atoms with Crippen LogP contribution in [0.1, 0.15) is 38.1 Å². The number of nitrogens with one attached hydrogen (secondary N) is 1. The monoisotopic (exact) mass is 340 g/mol. The highest BCUT2D eigenvalue weighted by Gasteiger charge is 2.13. The molecule has 25 heavy (non-hydrogen) atoms. The molecular formula is C21H28N2O2. The highest BCUT2D eigenvalue weighted by Crippen LogP contribution is 2.22. The molecule has 2 rings (SSSR count). The lowest BCUT2D eigenvalue weighted by Crippen LogP contribution is -2.21. The van der Waals surface area contributed by atoms with Gasteiger partial charge in [-0.05, 0) is 56.2 Å². The van der Waals surface area contributed by atoms with E-state index in [-0.39, 0.29) is 5.91 Å². The van der Waals surface area contributed by atoms with Gasteiger partial charge in [0.05, 0.1) is 12.2 Å². The SMILES string of the molecule is CCN(CC)c1ccc(NC(=O)c2ccccc2OCC(C)C)cc1. The maximum Gasteiger partial charge on any atom is 0.259 e. The van der Waals surface area contributed by atoms with Crippen LogP contribution in [0.5, 0.6) is 5.75 Å². The molecule has 2 aromatic rings. The summed E-state index contributed by atoms with van der Waals surface area (Å²) in [4.78, 5) is 14.9. The lowest BCUT2D eigenvalue weighted by molar-refractivity contribution is 0.102. The molecule has 0 aliphatic rings. The van der Waals surface area contributed by atoms with Gasteiger partial charge in [0.2, 0.25) is 0 Å². The van der Waals surface area contributed by atoms with Gasteiger partial charge in [-0.15, -0.1) is 0 Å². The second-order valence-corrected chi connectivity index (χ2v) is 6.37. The Hall–Kier alpha value is -2.49. The van der Waals surface area contributed by atoms with Crippen LogP contribution in [0.2, 0.25) is 0 Å². The third-order valence-electron chi connectivity index (χ3n) is 3.96. The number of carbonyl (C=O) groups excluding carboxylic acids is 1. The van der Waals surface area contributed by atoms with Crippen LogP contribution in [0.25, 0.3) is 0 Å². The summed E-state index contributed by atoms with van der Waals surface area (Å²) in [5, 5.41) is 2.95. The van der Waals surface area contributed by atoms with Crippen LogP contribution in [0, 0.1) is 5.92 Å². The first-order valence-corrected chi connectivity index (χ1v) is 8.93. The van der Waals surface area contributed by atoms with Crippen molar-refractivity contribution < 1.29 is 9.53 Å². The van der Waals surface area contributed by atoms with Crippen molar-refractivity contribution in [2.24, 2.45) is 5.92 Å². The molecule has 0 atom stereocenters. The molecule has 0 spiro atoms. The van der Waals surface area contributed by atoms with Crippen molar-refractivity contribution in [1.29, 1.82) is 0 Å². The summed E-state index contributed by atoms with van der Waals surface area (Å²) in [5.41, 5.74) is 2.49. The van der Waals surface area contributed by atoms with Crippen molar-refractivity contribution in [2.45, 2.75) is 27.7 Å². The number of para-hydroxylation sites is 1. The molecule has 0 saturated carbocycles. The lowest BCUT2D eigenvalue weighted by atomic mass is 10.1. The minimum Gasteiger partial charge on any atom is -0.492 e. The van der Waals surface area contributed by atoms with E-state index in [1.807, 2.05) is 42.5 Å². The lowest BCUT2D eigenvalue weighted by Gasteiger charge is -2.21. The van der Waals surface area contributed by atoms with Gasteiger partial charge in [-0.1, -0.05) is 26.0 Å². The summed E-state index contributed by atoms with van der Waals surface area (Å²) in [5.74, 6) is 0.868. The van der Waals surface area contributed by atoms with Gasteiger partial charge in [0, 0.05) is 24.5 Å². The van der Waals surface area contributed by atoms with Crippen LogP contribution in [0.15, 0.2) is 48.5 Å². The van der Waals surface area contributed by atoms with Crippen molar-refractivity contribution in [3.05, 3.63) is 54.1 Å². The van der Waals surface area contributed by atoms with E-state index in [0.29, 0.717) is 23.8 Å². The summed E-state index contributed by atoms with van der Waals surface area (Å²) in [6, 6.07) is 15.3. The van der Waals surface area contributed by atoms with Crippen molar-refractivity contribution in [3.8, 4) is 5.75 Å². The number of rotatable bonds is 8. The van der Waals surface area contributed by atoms with Crippen molar-refractivity contribution in [1.82, 2.24) is 0 Å². The van der Waals surface area contributed by atoms with E-state index in [4.69, 9.17) is 4.74 Å². The maximum atomic E-state index is 12.6. The van der Waals surface area contributed by atoms with Gasteiger partial charge in [0.15, 0.2) is 0 Å². The Bertz CT molecular complexity index is 677. The van der Waals surface area contributed by atoms with Gasteiger partial charge in [0.1, 0.15) is 5.75 Å². The van der Waals surface area contributed by atoms with Crippen LogP contribution < -0.4 is 15.0 Å². The fourth-order valence-corrected chi connectivity index (χ4v) is 2.58. The zero-order valence-corrected chi connectivity index (χ0v) is 15.6. The van der Waals surface area contributed by atoms with Crippen LogP contribution in [-0.2, 0) is 0 Å². The van der Waals surface area contributed by atoms with Crippen molar-refractivity contribution in [2.75, 3.05) is 29.9 Å². The molecule has 4 nitrogen and oxygen atoms in total. The van der Waals surface area contributed by atoms with Gasteiger partial charge in [-0.2, -0.15) is 0 Å². The van der Waals surface area contributed by atoms with Crippen LogP contribution in [0.4, 0.5) is 11.4 Å². The minimum atomic E-state index is -0.157. The minimum absolute atomic E-state index is 0.157. The molecule has 0 aromatic heterocycles. The van der Waals surface area contributed by atoms with E-state index in [1.54, 1.807) is 6.07 Å². The fraction of sp³-hybridized carbons (Fsp3) is 0.381. The van der Waals surface area contributed by atoms with Gasteiger partial charge in [-0.25, -0.2) is 0 Å². The van der Waals surface area contributed by atoms with Crippen molar-refractivity contribution in [3.63, 3.8) is 0 Å². The Kier molecular flexibility index (Phi) is 6.87. The third kappa shape index (κ3) is 5.24. The topological polar surface area (TPSA) is 41.6 Å². The number of anilines is 2. The smallest absolute Gasteiger partial charge is 0.259 e. The molecule has 0 saturated heterocycles. The van der Waals surface area contributed by atoms with Crippen LogP contribution >= 0.6 is 0 Å². The Labute approximate surface area is 150 Å². The van der Waals surface area contributed by atoms with Gasteiger partial charge >= 0.3 is 0 Å². The number of ether oxygens (including phenoxy) is 1. The molecular weight excluding hydrogens is 312 g/mol. The first-order valence-electron chi connectivity index (χ1n) is 8.93. The van der Waals surface area contributed by atoms with Gasteiger partial charge in [0.25, 0.3) is 5.91 Å². The van der Waals surface area contributed by atoms with E-state index >= 15 is 0 Å². The highest BCUT2D eigenvalue weighted by atomic mass is 16.5. The molecule has 2 aromatic carbocycles. The molecule has 0 aliphatic carbocycles. The molecule has 1 amide bonds. The average Bonchev–Trinajstić information content (AvgIpc) is 2.62. The van der Waals surface area contributed by atoms with E-state index in [2.05, 4.69) is 37.9 Å². The first-order chi connectivity index (χ1) is 12.0. The largest absolute Gasteiger partial charge is 0.492 e. The zero-order chi connectivity index (χ0) is 18.2. The van der Waals surface area contributed by atoms with E-state index < -0.39 is 0 Å². The second-order valence-electron chi connectivity index (χ2n) is 6.37. The van der Waals surface area contributed by atoms with Gasteiger partial charge < -0.3 is 15.0 Å². The maximum absolute atomic E-state index is 12.6. The molecule has 1 N–H and O–H groups in total. The van der Waals surface area contributed by atoms with Crippen molar-refractivity contribution >= 4 is 17.3 Å². The molecule has 0 unspecified atom stereocenters. The Morgan fingerprint density at radius 2 is 1.68 bits per heavy atom. The highest BCUT2D eigenvalue weighted by molar-refractivity contribution is 6.06. The molecule has 4 heteroatoms.